The van der Waals surface area contributed by atoms with Crippen LogP contribution in [0.4, 0.5) is 0 Å². The van der Waals surface area contributed by atoms with Crippen molar-refractivity contribution in [3.05, 3.63) is 35.4 Å². The molecule has 0 aliphatic heterocycles. The predicted molar refractivity (Wildman–Crippen MR) is 79.1 cm³/mol. The molecule has 0 aromatic heterocycles. The van der Waals surface area contributed by atoms with Crippen molar-refractivity contribution < 1.29 is 0 Å². The second-order valence-corrected chi connectivity index (χ2v) is 5.84. The first kappa shape index (κ1) is 13.6. The Bertz CT molecular complexity index is 344. The zero-order valence-electron chi connectivity index (χ0n) is 12.0. The van der Waals surface area contributed by atoms with E-state index >= 15 is 0 Å². The van der Waals surface area contributed by atoms with Crippen LogP contribution in [0.3, 0.4) is 0 Å². The second kappa shape index (κ2) is 6.38. The van der Waals surface area contributed by atoms with Crippen molar-refractivity contribution >= 4 is 0 Å². The normalized spacial score (nSPS) is 19.4. The minimum Gasteiger partial charge on any atom is -0.316 e. The summed E-state index contributed by atoms with van der Waals surface area (Å²) in [5.41, 5.74) is 3.31. The fourth-order valence-electron chi connectivity index (χ4n) is 3.24. The predicted octanol–water partition coefficient (Wildman–Crippen LogP) is 4.20. The Hall–Kier alpha value is -0.820. The van der Waals surface area contributed by atoms with Gasteiger partial charge < -0.3 is 5.32 Å². The van der Waals surface area contributed by atoms with E-state index in [-0.39, 0.29) is 0 Å². The fourth-order valence-corrected chi connectivity index (χ4v) is 3.24. The molecule has 1 aliphatic rings. The molecule has 0 amide bonds. The molecule has 1 fully saturated rings. The third-order valence-corrected chi connectivity index (χ3v) is 4.44. The fraction of sp³-hybridized carbons (Fsp3) is 0.647. The van der Waals surface area contributed by atoms with Gasteiger partial charge in [-0.2, -0.15) is 0 Å². The van der Waals surface area contributed by atoms with Gasteiger partial charge in [-0.3, -0.25) is 0 Å². The molecule has 1 aliphatic carbocycles. The van der Waals surface area contributed by atoms with Gasteiger partial charge in [0.1, 0.15) is 0 Å². The van der Waals surface area contributed by atoms with Crippen LogP contribution in [0.1, 0.15) is 56.6 Å². The van der Waals surface area contributed by atoms with Crippen LogP contribution in [-0.2, 0) is 5.41 Å². The van der Waals surface area contributed by atoms with Crippen LogP contribution < -0.4 is 5.32 Å². The van der Waals surface area contributed by atoms with E-state index in [4.69, 9.17) is 0 Å². The molecular weight excluding hydrogens is 218 g/mol. The van der Waals surface area contributed by atoms with Crippen molar-refractivity contribution in [3.63, 3.8) is 0 Å². The molecule has 100 valence electrons. The van der Waals surface area contributed by atoms with Gasteiger partial charge >= 0.3 is 0 Å². The highest BCUT2D eigenvalue weighted by molar-refractivity contribution is 5.29. The van der Waals surface area contributed by atoms with Crippen LogP contribution in [0.2, 0.25) is 0 Å². The maximum absolute atomic E-state index is 3.60. The molecule has 1 nitrogen and oxygen atoms in total. The van der Waals surface area contributed by atoms with E-state index in [9.17, 15) is 0 Å². The van der Waals surface area contributed by atoms with Gasteiger partial charge in [-0.1, -0.05) is 62.4 Å². The Morgan fingerprint density at radius 1 is 1.00 bits per heavy atom. The van der Waals surface area contributed by atoms with Gasteiger partial charge in [0, 0.05) is 12.0 Å². The lowest BCUT2D eigenvalue weighted by atomic mass is 9.74. The third-order valence-electron chi connectivity index (χ3n) is 4.44. The Labute approximate surface area is 112 Å². The van der Waals surface area contributed by atoms with Gasteiger partial charge in [-0.25, -0.2) is 0 Å². The molecule has 1 aromatic rings. The smallest absolute Gasteiger partial charge is 0.00777 e. The lowest BCUT2D eigenvalue weighted by Crippen LogP contribution is -2.38. The van der Waals surface area contributed by atoms with Crippen molar-refractivity contribution in [3.8, 4) is 0 Å². The van der Waals surface area contributed by atoms with E-state index in [1.165, 1.54) is 44.1 Å². The first-order chi connectivity index (χ1) is 8.77. The zero-order valence-corrected chi connectivity index (χ0v) is 12.0. The van der Waals surface area contributed by atoms with Crippen molar-refractivity contribution in [1.82, 2.24) is 5.32 Å². The summed E-state index contributed by atoms with van der Waals surface area (Å²) >= 11 is 0. The van der Waals surface area contributed by atoms with Gasteiger partial charge in [0.15, 0.2) is 0 Å². The molecule has 2 rings (SSSR count). The highest BCUT2D eigenvalue weighted by Gasteiger charge is 2.32. The van der Waals surface area contributed by atoms with Gasteiger partial charge in [0.25, 0.3) is 0 Å². The SMILES string of the molecule is CCNCC1(c2ccc(C)cc2)CCCCCC1. The van der Waals surface area contributed by atoms with Gasteiger partial charge in [0.2, 0.25) is 0 Å². The Morgan fingerprint density at radius 2 is 1.61 bits per heavy atom. The number of hydrogen-bond acceptors (Lipinski definition) is 1. The minimum atomic E-state index is 0.389. The highest BCUT2D eigenvalue weighted by atomic mass is 14.9. The summed E-state index contributed by atoms with van der Waals surface area (Å²) in [7, 11) is 0. The van der Waals surface area contributed by atoms with E-state index in [1.54, 1.807) is 5.56 Å². The van der Waals surface area contributed by atoms with Crippen LogP contribution in [0, 0.1) is 6.92 Å². The summed E-state index contributed by atoms with van der Waals surface area (Å²) in [6.45, 7) is 6.60. The quantitative estimate of drug-likeness (QED) is 0.784. The van der Waals surface area contributed by atoms with Crippen molar-refractivity contribution in [2.75, 3.05) is 13.1 Å². The summed E-state index contributed by atoms with van der Waals surface area (Å²) in [5.74, 6) is 0. The molecule has 0 heterocycles. The Balaban J connectivity index is 2.24. The lowest BCUT2D eigenvalue weighted by molar-refractivity contribution is 0.350. The first-order valence-corrected chi connectivity index (χ1v) is 7.55. The number of aryl methyl sites for hydroxylation is 1. The van der Waals surface area contributed by atoms with E-state index in [1.807, 2.05) is 0 Å². The molecule has 0 unspecified atom stereocenters. The van der Waals surface area contributed by atoms with Gasteiger partial charge in [0.05, 0.1) is 0 Å². The number of hydrogen-bond donors (Lipinski definition) is 1. The van der Waals surface area contributed by atoms with Crippen LogP contribution in [0.15, 0.2) is 24.3 Å². The maximum Gasteiger partial charge on any atom is 0.00777 e. The molecule has 0 bridgehead atoms. The first-order valence-electron chi connectivity index (χ1n) is 7.55. The van der Waals surface area contributed by atoms with Crippen molar-refractivity contribution in [2.24, 2.45) is 0 Å². The summed E-state index contributed by atoms with van der Waals surface area (Å²) in [5, 5.41) is 3.60. The van der Waals surface area contributed by atoms with E-state index < -0.39 is 0 Å². The van der Waals surface area contributed by atoms with Crippen LogP contribution in [-0.4, -0.2) is 13.1 Å². The molecule has 18 heavy (non-hydrogen) atoms. The minimum absolute atomic E-state index is 0.389. The molecule has 1 N–H and O–H groups in total. The average Bonchev–Trinajstić information content (AvgIpc) is 2.64. The average molecular weight is 245 g/mol. The van der Waals surface area contributed by atoms with Crippen LogP contribution in [0.25, 0.3) is 0 Å². The van der Waals surface area contributed by atoms with E-state index in [2.05, 4.69) is 43.4 Å². The zero-order chi connectivity index (χ0) is 12.8. The van der Waals surface area contributed by atoms with Gasteiger partial charge in [-0.05, 0) is 31.9 Å². The molecule has 0 atom stereocenters. The largest absolute Gasteiger partial charge is 0.316 e. The summed E-state index contributed by atoms with van der Waals surface area (Å²) in [6.07, 6.45) is 8.31. The summed E-state index contributed by atoms with van der Waals surface area (Å²) < 4.78 is 0. The molecule has 1 saturated carbocycles. The van der Waals surface area contributed by atoms with Crippen molar-refractivity contribution in [1.29, 1.82) is 0 Å². The number of nitrogens with one attached hydrogen (secondary N) is 1. The third kappa shape index (κ3) is 3.14. The summed E-state index contributed by atoms with van der Waals surface area (Å²) in [6, 6.07) is 9.26. The number of benzene rings is 1. The molecule has 0 saturated heterocycles. The standard InChI is InChI=1S/C17H27N/c1-3-18-14-17(12-6-4-5-7-13-17)16-10-8-15(2)9-11-16/h8-11,18H,3-7,12-14H2,1-2H3. The van der Waals surface area contributed by atoms with E-state index in [0.717, 1.165) is 13.1 Å². The molecule has 1 heteroatoms. The maximum atomic E-state index is 3.60. The van der Waals surface area contributed by atoms with Crippen LogP contribution >= 0.6 is 0 Å². The topological polar surface area (TPSA) is 12.0 Å². The van der Waals surface area contributed by atoms with E-state index in [0.29, 0.717) is 5.41 Å². The molecule has 1 aromatic carbocycles. The lowest BCUT2D eigenvalue weighted by Gasteiger charge is -2.34. The number of rotatable bonds is 4. The number of likely N-dealkylation sites (N-methyl/N-ethyl adjacent to an activating group) is 1. The second-order valence-electron chi connectivity index (χ2n) is 5.84. The molecule has 0 radical (unpaired) electrons. The highest BCUT2D eigenvalue weighted by Crippen LogP contribution is 2.38. The monoisotopic (exact) mass is 245 g/mol. The Kier molecular flexibility index (Phi) is 4.82. The Morgan fingerprint density at radius 3 is 2.17 bits per heavy atom. The summed E-state index contributed by atoms with van der Waals surface area (Å²) in [4.78, 5) is 0. The van der Waals surface area contributed by atoms with Crippen molar-refractivity contribution in [2.45, 2.75) is 57.8 Å². The van der Waals surface area contributed by atoms with Crippen LogP contribution in [0.5, 0.6) is 0 Å². The molecular formula is C17H27N. The van der Waals surface area contributed by atoms with Gasteiger partial charge in [-0.15, -0.1) is 0 Å². The molecule has 0 spiro atoms.